The van der Waals surface area contributed by atoms with Gasteiger partial charge in [-0.15, -0.1) is 11.3 Å². The van der Waals surface area contributed by atoms with Crippen molar-refractivity contribution in [1.29, 1.82) is 0 Å². The van der Waals surface area contributed by atoms with E-state index in [4.69, 9.17) is 4.74 Å². The molecule has 0 spiro atoms. The number of rotatable bonds is 12. The van der Waals surface area contributed by atoms with Crippen LogP contribution in [0, 0.1) is 25.6 Å². The van der Waals surface area contributed by atoms with Gasteiger partial charge in [0, 0.05) is 35.9 Å². The van der Waals surface area contributed by atoms with Gasteiger partial charge in [0.05, 0.1) is 13.7 Å². The van der Waals surface area contributed by atoms with Crippen LogP contribution < -0.4 is 14.4 Å². The van der Waals surface area contributed by atoms with Crippen molar-refractivity contribution in [3.8, 4) is 5.75 Å². The number of thiazole rings is 1. The zero-order valence-electron chi connectivity index (χ0n) is 26.6. The first kappa shape index (κ1) is 32.2. The van der Waals surface area contributed by atoms with Gasteiger partial charge in [0.1, 0.15) is 16.5 Å². The summed E-state index contributed by atoms with van der Waals surface area (Å²) in [5.74, 6) is 0.416. The molecule has 10 heteroatoms. The Balaban J connectivity index is 1.24. The normalized spacial score (nSPS) is 19.6. The van der Waals surface area contributed by atoms with Gasteiger partial charge in [-0.05, 0) is 98.5 Å². The van der Waals surface area contributed by atoms with Gasteiger partial charge in [-0.25, -0.2) is 22.1 Å². The van der Waals surface area contributed by atoms with Crippen molar-refractivity contribution in [2.75, 3.05) is 36.4 Å². The number of halogens is 1. The molecule has 0 aliphatic carbocycles. The summed E-state index contributed by atoms with van der Waals surface area (Å²) in [6.45, 7) is 10.7. The lowest BCUT2D eigenvalue weighted by molar-refractivity contribution is 0.209. The molecule has 0 saturated carbocycles. The third kappa shape index (κ3) is 6.43. The number of benzene rings is 3. The summed E-state index contributed by atoms with van der Waals surface area (Å²) in [7, 11) is -2.75. The molecule has 2 fully saturated rings. The van der Waals surface area contributed by atoms with Crippen LogP contribution in [0.25, 0.3) is 6.08 Å². The minimum atomic E-state index is -4.33. The molecule has 0 bridgehead atoms. The number of aromatic nitrogens is 1. The molecule has 2 atom stereocenters. The Morgan fingerprint density at radius 3 is 2.70 bits per heavy atom. The molecule has 0 amide bonds. The second-order valence-electron chi connectivity index (χ2n) is 12.6. The van der Waals surface area contributed by atoms with E-state index in [1.54, 1.807) is 30.8 Å². The van der Waals surface area contributed by atoms with Crippen LogP contribution in [0.5, 0.6) is 5.75 Å². The number of sulfonamides is 1. The van der Waals surface area contributed by atoms with Gasteiger partial charge in [0.2, 0.25) is 0 Å². The first-order valence-corrected chi connectivity index (χ1v) is 18.0. The second-order valence-corrected chi connectivity index (χ2v) is 15.3. The fourth-order valence-electron chi connectivity index (χ4n) is 7.08. The van der Waals surface area contributed by atoms with Gasteiger partial charge in [0.25, 0.3) is 10.0 Å². The Kier molecular flexibility index (Phi) is 9.23. The van der Waals surface area contributed by atoms with Gasteiger partial charge in [-0.3, -0.25) is 4.90 Å². The van der Waals surface area contributed by atoms with E-state index >= 15 is 4.39 Å². The van der Waals surface area contributed by atoms with Crippen molar-refractivity contribution < 1.29 is 17.5 Å². The fraction of sp³-hybridized carbons (Fsp3) is 0.361. The molecule has 2 aliphatic heterocycles. The second kappa shape index (κ2) is 13.2. The maximum Gasteiger partial charge on any atom is 0.269 e. The van der Waals surface area contributed by atoms with Gasteiger partial charge in [-0.2, -0.15) is 0 Å². The minimum absolute atomic E-state index is 0.00333. The highest BCUT2D eigenvalue weighted by molar-refractivity contribution is 7.93. The Morgan fingerprint density at radius 2 is 2.00 bits per heavy atom. The SMILES string of the molecule is C=Cc1cc(S(=O)(=O)N(Cc2ccc(OC)cc2C)c2nccs2)c(F)cc1NCC12CCCN1CC(Cc1ccc(C)cc1)C2. The zero-order valence-corrected chi connectivity index (χ0v) is 28.3. The van der Waals surface area contributed by atoms with Crippen LogP contribution in [-0.4, -0.2) is 50.6 Å². The number of nitrogens with one attached hydrogen (secondary N) is 1. The maximum absolute atomic E-state index is 16.0. The van der Waals surface area contributed by atoms with Crippen LogP contribution in [-0.2, 0) is 23.0 Å². The van der Waals surface area contributed by atoms with Crippen LogP contribution in [0.2, 0.25) is 0 Å². The average molecular weight is 661 g/mol. The number of hydrogen-bond donors (Lipinski definition) is 1. The summed E-state index contributed by atoms with van der Waals surface area (Å²) < 4.78 is 50.8. The van der Waals surface area contributed by atoms with Crippen molar-refractivity contribution in [2.24, 2.45) is 5.92 Å². The highest BCUT2D eigenvalue weighted by atomic mass is 32.2. The number of methoxy groups -OCH3 is 1. The van der Waals surface area contributed by atoms with Crippen molar-refractivity contribution in [3.05, 3.63) is 106 Å². The topological polar surface area (TPSA) is 74.8 Å². The van der Waals surface area contributed by atoms with Crippen LogP contribution in [0.15, 0.2) is 77.6 Å². The van der Waals surface area contributed by atoms with Crippen LogP contribution in [0.1, 0.15) is 47.1 Å². The highest BCUT2D eigenvalue weighted by Crippen LogP contribution is 2.43. The Hall–Kier alpha value is -3.73. The molecule has 3 aromatic carbocycles. The van der Waals surface area contributed by atoms with E-state index in [0.29, 0.717) is 29.5 Å². The van der Waals surface area contributed by atoms with E-state index in [1.807, 2.05) is 19.1 Å². The van der Waals surface area contributed by atoms with Gasteiger partial charge < -0.3 is 10.1 Å². The standard InChI is InChI=1S/C36H41FN4O3S2/c1-5-29-19-34(46(42,43)41(35-38-14-16-45-35)23-30-11-12-31(44-4)17-26(30)3)32(37)20-33(29)39-24-36-13-6-15-40(36)22-28(21-36)18-27-9-7-25(2)8-10-27/h5,7-12,14,16-17,19-20,28,39H,1,6,13,15,18,21-24H2,2-4H3. The summed E-state index contributed by atoms with van der Waals surface area (Å²) in [5, 5.41) is 5.48. The number of anilines is 2. The lowest BCUT2D eigenvalue weighted by Crippen LogP contribution is -2.44. The van der Waals surface area contributed by atoms with Crippen LogP contribution >= 0.6 is 11.3 Å². The van der Waals surface area contributed by atoms with Gasteiger partial charge in [-0.1, -0.05) is 48.6 Å². The summed E-state index contributed by atoms with van der Waals surface area (Å²) in [5.41, 5.74) is 5.32. The van der Waals surface area contributed by atoms with Crippen molar-refractivity contribution in [1.82, 2.24) is 9.88 Å². The molecule has 6 rings (SSSR count). The molecule has 1 N–H and O–H groups in total. The number of hydrogen-bond acceptors (Lipinski definition) is 7. The average Bonchev–Trinajstić information content (AvgIpc) is 3.77. The molecular formula is C36H41FN4O3S2. The molecule has 4 aromatic rings. The predicted molar refractivity (Wildman–Crippen MR) is 185 cm³/mol. The summed E-state index contributed by atoms with van der Waals surface area (Å²) in [4.78, 5) is 6.46. The smallest absolute Gasteiger partial charge is 0.269 e. The van der Waals surface area contributed by atoms with E-state index in [-0.39, 0.29) is 17.2 Å². The van der Waals surface area contributed by atoms with Crippen molar-refractivity contribution in [2.45, 2.75) is 56.5 Å². The lowest BCUT2D eigenvalue weighted by atomic mass is 9.87. The van der Waals surface area contributed by atoms with Crippen molar-refractivity contribution >= 4 is 38.3 Å². The number of ether oxygens (including phenoxy) is 1. The molecule has 2 unspecified atom stereocenters. The molecular weight excluding hydrogens is 620 g/mol. The van der Waals surface area contributed by atoms with Crippen molar-refractivity contribution in [3.63, 3.8) is 0 Å². The highest BCUT2D eigenvalue weighted by Gasteiger charge is 2.48. The third-order valence-corrected chi connectivity index (χ3v) is 12.2. The van der Waals surface area contributed by atoms with Gasteiger partial charge in [0.15, 0.2) is 5.13 Å². The molecule has 3 heterocycles. The van der Waals surface area contributed by atoms with E-state index < -0.39 is 20.7 Å². The first-order valence-electron chi connectivity index (χ1n) is 15.7. The number of nitrogens with zero attached hydrogens (tertiary/aromatic N) is 3. The van der Waals surface area contributed by atoms with Crippen LogP contribution in [0.4, 0.5) is 15.2 Å². The lowest BCUT2D eigenvalue weighted by Gasteiger charge is -2.33. The Morgan fingerprint density at radius 1 is 1.20 bits per heavy atom. The number of fused-ring (bicyclic) bond motifs is 1. The van der Waals surface area contributed by atoms with Gasteiger partial charge >= 0.3 is 0 Å². The molecule has 1 aromatic heterocycles. The maximum atomic E-state index is 16.0. The van der Waals surface area contributed by atoms with E-state index in [9.17, 15) is 8.42 Å². The minimum Gasteiger partial charge on any atom is -0.497 e. The summed E-state index contributed by atoms with van der Waals surface area (Å²) in [6.07, 6.45) is 7.46. The molecule has 242 valence electrons. The molecule has 2 aliphatic rings. The quantitative estimate of drug-likeness (QED) is 0.170. The molecule has 46 heavy (non-hydrogen) atoms. The Labute approximate surface area is 275 Å². The summed E-state index contributed by atoms with van der Waals surface area (Å²) in [6, 6.07) is 17.0. The molecule has 7 nitrogen and oxygen atoms in total. The first-order chi connectivity index (χ1) is 22.1. The third-order valence-electron chi connectivity index (χ3n) is 9.53. The molecule has 0 radical (unpaired) electrons. The fourth-order valence-corrected chi connectivity index (χ4v) is 9.43. The monoisotopic (exact) mass is 660 g/mol. The van der Waals surface area contributed by atoms with Crippen LogP contribution in [0.3, 0.4) is 0 Å². The van der Waals surface area contributed by atoms with E-state index in [0.717, 1.165) is 49.9 Å². The zero-order chi connectivity index (χ0) is 32.5. The number of aryl methyl sites for hydroxylation is 2. The largest absolute Gasteiger partial charge is 0.497 e. The van der Waals surface area contributed by atoms with E-state index in [1.165, 1.54) is 38.9 Å². The summed E-state index contributed by atoms with van der Waals surface area (Å²) >= 11 is 1.19. The van der Waals surface area contributed by atoms with E-state index in [2.05, 4.69) is 53.0 Å². The predicted octanol–water partition coefficient (Wildman–Crippen LogP) is 7.46. The molecule has 2 saturated heterocycles. The Bertz CT molecular complexity index is 1810.